The summed E-state index contributed by atoms with van der Waals surface area (Å²) < 4.78 is 2.46. The summed E-state index contributed by atoms with van der Waals surface area (Å²) >= 11 is 4.70. The lowest BCUT2D eigenvalue weighted by Crippen LogP contribution is -2.32. The second-order valence-electron chi connectivity index (χ2n) is 5.87. The highest BCUT2D eigenvalue weighted by Crippen LogP contribution is 2.22. The predicted molar refractivity (Wildman–Crippen MR) is 115 cm³/mol. The predicted octanol–water partition coefficient (Wildman–Crippen LogP) is 4.32. The number of halogens is 1. The van der Waals surface area contributed by atoms with E-state index in [0.29, 0.717) is 29.1 Å². The van der Waals surface area contributed by atoms with Crippen LogP contribution >= 0.6 is 27.7 Å². The molecule has 0 aliphatic rings. The van der Waals surface area contributed by atoms with Gasteiger partial charge in [0.1, 0.15) is 0 Å². The number of hydrogen-bond donors (Lipinski definition) is 0. The summed E-state index contributed by atoms with van der Waals surface area (Å²) in [7, 11) is 0. The smallest absolute Gasteiger partial charge is 0.262 e. The van der Waals surface area contributed by atoms with Crippen LogP contribution in [0.4, 0.5) is 5.69 Å². The lowest BCUT2D eigenvalue weighted by atomic mass is 10.2. The van der Waals surface area contributed by atoms with Gasteiger partial charge < -0.3 is 4.90 Å². The van der Waals surface area contributed by atoms with Gasteiger partial charge in [0.15, 0.2) is 5.16 Å². The average Bonchev–Trinajstić information content (AvgIpc) is 2.68. The van der Waals surface area contributed by atoms with Crippen LogP contribution in [0.1, 0.15) is 13.8 Å². The molecule has 0 radical (unpaired) electrons. The maximum atomic E-state index is 12.8. The molecule has 0 fully saturated rings. The number of carbonyl (C=O) groups excluding carboxylic acids is 1. The van der Waals surface area contributed by atoms with Crippen LogP contribution in [0.15, 0.2) is 63.0 Å². The minimum Gasteiger partial charge on any atom is -0.312 e. The van der Waals surface area contributed by atoms with Crippen molar-refractivity contribution in [3.05, 3.63) is 63.4 Å². The van der Waals surface area contributed by atoms with Crippen LogP contribution in [0.2, 0.25) is 0 Å². The van der Waals surface area contributed by atoms with Crippen molar-refractivity contribution < 1.29 is 4.79 Å². The van der Waals surface area contributed by atoms with Crippen molar-refractivity contribution in [3.8, 4) is 0 Å². The fraction of sp³-hybridized carbons (Fsp3) is 0.250. The molecule has 5 nitrogen and oxygen atoms in total. The largest absolute Gasteiger partial charge is 0.312 e. The van der Waals surface area contributed by atoms with Crippen LogP contribution < -0.4 is 10.5 Å². The summed E-state index contributed by atoms with van der Waals surface area (Å²) in [6.07, 6.45) is 0. The van der Waals surface area contributed by atoms with Gasteiger partial charge in [-0.25, -0.2) is 4.98 Å². The van der Waals surface area contributed by atoms with Gasteiger partial charge in [0.05, 0.1) is 16.7 Å². The second-order valence-corrected chi connectivity index (χ2v) is 7.73. The molecule has 7 heteroatoms. The van der Waals surface area contributed by atoms with E-state index in [1.807, 2.05) is 56.3 Å². The number of thioether (sulfide) groups is 1. The first-order valence-electron chi connectivity index (χ1n) is 8.73. The van der Waals surface area contributed by atoms with Crippen LogP contribution in [-0.4, -0.2) is 27.8 Å². The van der Waals surface area contributed by atoms with Gasteiger partial charge in [-0.05, 0) is 44.2 Å². The SMILES string of the molecule is CCN(C(=O)CSc1nc2ccc(Br)cc2c(=O)n1CC)c1ccccc1. The summed E-state index contributed by atoms with van der Waals surface area (Å²) in [6.45, 7) is 4.94. The molecular weight excluding hydrogens is 426 g/mol. The zero-order chi connectivity index (χ0) is 19.4. The number of para-hydroxylation sites is 1. The molecule has 0 saturated carbocycles. The van der Waals surface area contributed by atoms with E-state index in [4.69, 9.17) is 0 Å². The maximum Gasteiger partial charge on any atom is 0.262 e. The first kappa shape index (κ1) is 19.6. The van der Waals surface area contributed by atoms with Crippen molar-refractivity contribution in [2.75, 3.05) is 17.2 Å². The normalized spacial score (nSPS) is 10.9. The fourth-order valence-corrected chi connectivity index (χ4v) is 4.18. The number of nitrogens with zero attached hydrogens (tertiary/aromatic N) is 3. The molecular formula is C20H20BrN3O2S. The number of rotatable bonds is 6. The van der Waals surface area contributed by atoms with Crippen molar-refractivity contribution >= 4 is 50.2 Å². The third kappa shape index (κ3) is 4.25. The van der Waals surface area contributed by atoms with Crippen LogP contribution in [0.25, 0.3) is 10.9 Å². The Labute approximate surface area is 170 Å². The Morgan fingerprint density at radius 2 is 1.93 bits per heavy atom. The Bertz CT molecular complexity index is 1020. The molecule has 1 amide bonds. The van der Waals surface area contributed by atoms with Crippen LogP contribution in [0.5, 0.6) is 0 Å². The average molecular weight is 446 g/mol. The summed E-state index contributed by atoms with van der Waals surface area (Å²) in [5.41, 5.74) is 1.42. The van der Waals surface area contributed by atoms with Crippen molar-refractivity contribution in [1.29, 1.82) is 0 Å². The molecule has 3 aromatic rings. The quantitative estimate of drug-likeness (QED) is 0.418. The molecule has 1 heterocycles. The van der Waals surface area contributed by atoms with Gasteiger partial charge in [-0.15, -0.1) is 0 Å². The second kappa shape index (κ2) is 8.71. The topological polar surface area (TPSA) is 55.2 Å². The number of amides is 1. The highest BCUT2D eigenvalue weighted by molar-refractivity contribution is 9.10. The molecule has 0 N–H and O–H groups in total. The van der Waals surface area contributed by atoms with Crippen LogP contribution in [0, 0.1) is 0 Å². The summed E-state index contributed by atoms with van der Waals surface area (Å²) in [4.78, 5) is 31.9. The first-order valence-corrected chi connectivity index (χ1v) is 10.5. The zero-order valence-electron chi connectivity index (χ0n) is 15.2. The van der Waals surface area contributed by atoms with Gasteiger partial charge in [-0.1, -0.05) is 45.9 Å². The van der Waals surface area contributed by atoms with E-state index in [1.165, 1.54) is 11.8 Å². The van der Waals surface area contributed by atoms with Gasteiger partial charge in [-0.2, -0.15) is 0 Å². The lowest BCUT2D eigenvalue weighted by Gasteiger charge is -2.21. The van der Waals surface area contributed by atoms with Gasteiger partial charge in [0.2, 0.25) is 5.91 Å². The standard InChI is InChI=1S/C20H20BrN3O2S/c1-3-23(15-8-6-5-7-9-15)18(25)13-27-20-22-17-11-10-14(21)12-16(17)19(26)24(20)4-2/h5-12H,3-4,13H2,1-2H3. The molecule has 0 unspecified atom stereocenters. The molecule has 27 heavy (non-hydrogen) atoms. The fourth-order valence-electron chi connectivity index (χ4n) is 2.88. The van der Waals surface area contributed by atoms with E-state index in [2.05, 4.69) is 20.9 Å². The Balaban J connectivity index is 1.87. The number of carbonyl (C=O) groups is 1. The van der Waals surface area contributed by atoms with Crippen LogP contribution in [-0.2, 0) is 11.3 Å². The van der Waals surface area contributed by atoms with E-state index < -0.39 is 0 Å². The zero-order valence-corrected chi connectivity index (χ0v) is 17.6. The maximum absolute atomic E-state index is 12.8. The van der Waals surface area contributed by atoms with Gasteiger partial charge >= 0.3 is 0 Å². The summed E-state index contributed by atoms with van der Waals surface area (Å²) in [5.74, 6) is 0.207. The Kier molecular flexibility index (Phi) is 6.34. The Hall–Kier alpha value is -2.12. The van der Waals surface area contributed by atoms with Gasteiger partial charge in [0.25, 0.3) is 5.56 Å². The highest BCUT2D eigenvalue weighted by atomic mass is 79.9. The van der Waals surface area contributed by atoms with E-state index in [0.717, 1.165) is 10.2 Å². The van der Waals surface area contributed by atoms with Crippen molar-refractivity contribution in [3.63, 3.8) is 0 Å². The molecule has 140 valence electrons. The van der Waals surface area contributed by atoms with Crippen molar-refractivity contribution in [2.24, 2.45) is 0 Å². The molecule has 0 atom stereocenters. The molecule has 0 spiro atoms. The minimum absolute atomic E-state index is 0.0125. The molecule has 0 bridgehead atoms. The van der Waals surface area contributed by atoms with E-state index >= 15 is 0 Å². The lowest BCUT2D eigenvalue weighted by molar-refractivity contribution is -0.116. The van der Waals surface area contributed by atoms with Crippen molar-refractivity contribution in [1.82, 2.24) is 9.55 Å². The number of benzene rings is 2. The molecule has 3 rings (SSSR count). The Morgan fingerprint density at radius 3 is 2.59 bits per heavy atom. The Morgan fingerprint density at radius 1 is 1.19 bits per heavy atom. The minimum atomic E-state index is -0.0887. The number of aromatic nitrogens is 2. The molecule has 0 saturated heterocycles. The van der Waals surface area contributed by atoms with E-state index in [9.17, 15) is 9.59 Å². The highest BCUT2D eigenvalue weighted by Gasteiger charge is 2.17. The third-order valence-corrected chi connectivity index (χ3v) is 5.66. The van der Waals surface area contributed by atoms with Crippen molar-refractivity contribution in [2.45, 2.75) is 25.5 Å². The van der Waals surface area contributed by atoms with E-state index in [1.54, 1.807) is 15.5 Å². The third-order valence-electron chi connectivity index (χ3n) is 4.21. The number of hydrogen-bond acceptors (Lipinski definition) is 4. The molecule has 2 aromatic carbocycles. The van der Waals surface area contributed by atoms with Gasteiger partial charge in [-0.3, -0.25) is 14.2 Å². The monoisotopic (exact) mass is 445 g/mol. The summed E-state index contributed by atoms with van der Waals surface area (Å²) in [6, 6.07) is 15.0. The van der Waals surface area contributed by atoms with E-state index in [-0.39, 0.29) is 17.2 Å². The number of fused-ring (bicyclic) bond motifs is 1. The van der Waals surface area contributed by atoms with Gasteiger partial charge in [0, 0.05) is 23.2 Å². The molecule has 1 aromatic heterocycles. The first-order chi connectivity index (χ1) is 13.0. The molecule has 0 aliphatic heterocycles. The molecule has 0 aliphatic carbocycles. The number of anilines is 1. The van der Waals surface area contributed by atoms with Crippen LogP contribution in [0.3, 0.4) is 0 Å². The summed E-state index contributed by atoms with van der Waals surface area (Å²) in [5, 5.41) is 1.14.